The highest BCUT2D eigenvalue weighted by molar-refractivity contribution is 6.31. The first-order valence-corrected chi connectivity index (χ1v) is 13.2. The minimum absolute atomic E-state index is 0.125. The predicted molar refractivity (Wildman–Crippen MR) is 154 cm³/mol. The van der Waals surface area contributed by atoms with Crippen molar-refractivity contribution in [2.24, 2.45) is 0 Å². The maximum absolute atomic E-state index is 13.2. The average molecular weight is 574 g/mol. The summed E-state index contributed by atoms with van der Waals surface area (Å²) in [5.74, 6) is -0.330. The molecule has 40 heavy (non-hydrogen) atoms. The second kappa shape index (κ2) is 10.5. The van der Waals surface area contributed by atoms with Crippen molar-refractivity contribution in [3.8, 4) is 17.3 Å². The fourth-order valence-corrected chi connectivity index (χ4v) is 5.24. The molecule has 2 heterocycles. The molecule has 9 heteroatoms. The van der Waals surface area contributed by atoms with Gasteiger partial charge in [-0.3, -0.25) is 4.79 Å². The van der Waals surface area contributed by atoms with E-state index in [0.717, 1.165) is 0 Å². The minimum atomic E-state index is -1.30. The zero-order chi connectivity index (χ0) is 28.7. The van der Waals surface area contributed by atoms with Crippen molar-refractivity contribution in [3.63, 3.8) is 0 Å². The lowest BCUT2D eigenvalue weighted by Crippen LogP contribution is -2.33. The molecule has 0 bridgehead atoms. The van der Waals surface area contributed by atoms with Crippen LogP contribution in [0.4, 0.5) is 10.5 Å². The zero-order valence-electron chi connectivity index (χ0n) is 22.0. The fourth-order valence-electron chi connectivity index (χ4n) is 4.85. The molecule has 5 rings (SSSR count). The molecule has 1 aliphatic heterocycles. The topological polar surface area (TPSA) is 93.3 Å². The van der Waals surface area contributed by atoms with Gasteiger partial charge in [-0.25, -0.2) is 9.36 Å². The number of carbonyl (C=O) groups excluding carboxylic acids is 2. The number of fused-ring (bicyclic) bond motifs is 1. The number of halogens is 2. The van der Waals surface area contributed by atoms with Gasteiger partial charge >= 0.3 is 6.09 Å². The van der Waals surface area contributed by atoms with Crippen LogP contribution in [0.15, 0.2) is 78.9 Å². The normalized spacial score (nSPS) is 14.4. The Morgan fingerprint density at radius 1 is 1.00 bits per heavy atom. The summed E-state index contributed by atoms with van der Waals surface area (Å²) in [6.07, 6.45) is -0.681. The van der Waals surface area contributed by atoms with Crippen LogP contribution in [0.3, 0.4) is 0 Å². The third-order valence-corrected chi connectivity index (χ3v) is 6.89. The molecule has 0 unspecified atom stereocenters. The molecule has 0 atom stereocenters. The Balaban J connectivity index is 1.80. The summed E-state index contributed by atoms with van der Waals surface area (Å²) < 4.78 is 13.3. The van der Waals surface area contributed by atoms with Crippen LogP contribution in [-0.4, -0.2) is 28.8 Å². The molecule has 0 fully saturated rings. The number of anilines is 1. The van der Waals surface area contributed by atoms with Gasteiger partial charge in [0.05, 0.1) is 5.69 Å². The number of aromatic nitrogens is 1. The highest BCUT2D eigenvalue weighted by Crippen LogP contribution is 2.47. The summed E-state index contributed by atoms with van der Waals surface area (Å²) >= 11 is 12.9. The minimum Gasteiger partial charge on any atom is -0.443 e. The first-order chi connectivity index (χ1) is 19.0. The van der Waals surface area contributed by atoms with Crippen LogP contribution in [0.2, 0.25) is 10.0 Å². The number of hydrogen-bond donors (Lipinski definition) is 1. The van der Waals surface area contributed by atoms with E-state index in [2.05, 4.69) is 11.4 Å². The highest BCUT2D eigenvalue weighted by Gasteiger charge is 2.43. The number of amides is 1. The first kappa shape index (κ1) is 27.5. The van der Waals surface area contributed by atoms with Gasteiger partial charge in [0.1, 0.15) is 29.6 Å². The number of hydrogen-bond acceptors (Lipinski definition) is 5. The number of ether oxygens (including phenoxy) is 2. The Bertz CT molecular complexity index is 1640. The van der Waals surface area contributed by atoms with Crippen molar-refractivity contribution in [1.29, 1.82) is 5.26 Å². The number of nitriles is 1. The van der Waals surface area contributed by atoms with E-state index in [1.54, 1.807) is 69.3 Å². The molecule has 7 nitrogen and oxygen atoms in total. The molecule has 3 aromatic carbocycles. The lowest BCUT2D eigenvalue weighted by Gasteiger charge is -2.35. The van der Waals surface area contributed by atoms with Gasteiger partial charge in [-0.05, 0) is 86.0 Å². The number of nitrogens with one attached hydrogen (secondary N) is 1. The van der Waals surface area contributed by atoms with Gasteiger partial charge in [-0.15, -0.1) is 0 Å². The molecule has 0 saturated carbocycles. The van der Waals surface area contributed by atoms with Gasteiger partial charge < -0.3 is 14.8 Å². The quantitative estimate of drug-likeness (QED) is 0.276. The van der Waals surface area contributed by atoms with E-state index in [4.69, 9.17) is 32.7 Å². The van der Waals surface area contributed by atoms with Gasteiger partial charge in [-0.2, -0.15) is 5.26 Å². The van der Waals surface area contributed by atoms with E-state index in [9.17, 15) is 14.9 Å². The molecule has 0 spiro atoms. The lowest BCUT2D eigenvalue weighted by molar-refractivity contribution is -0.123. The predicted octanol–water partition coefficient (Wildman–Crippen LogP) is 7.38. The van der Waals surface area contributed by atoms with Crippen molar-refractivity contribution < 1.29 is 19.1 Å². The van der Waals surface area contributed by atoms with Crippen molar-refractivity contribution in [1.82, 2.24) is 4.57 Å². The first-order valence-electron chi connectivity index (χ1n) is 12.5. The Labute approximate surface area is 241 Å². The number of nitrogens with zero attached hydrogens (tertiary/aromatic N) is 2. The molecule has 1 N–H and O–H groups in total. The average Bonchev–Trinajstić information content (AvgIpc) is 3.27. The molecule has 0 saturated heterocycles. The largest absolute Gasteiger partial charge is 0.443 e. The summed E-state index contributed by atoms with van der Waals surface area (Å²) in [5.41, 5.74) is 1.55. The molecule has 0 aliphatic carbocycles. The third-order valence-electron chi connectivity index (χ3n) is 6.42. The summed E-state index contributed by atoms with van der Waals surface area (Å²) in [4.78, 5) is 26.0. The fraction of sp³-hybridized carbons (Fsp3) is 0.194. The van der Waals surface area contributed by atoms with Crippen LogP contribution < -0.4 is 5.32 Å². The van der Waals surface area contributed by atoms with Crippen LogP contribution >= 0.6 is 23.2 Å². The summed E-state index contributed by atoms with van der Waals surface area (Å²) in [5, 5.41) is 13.6. The molecular weight excluding hydrogens is 549 g/mol. The Morgan fingerprint density at radius 2 is 1.65 bits per heavy atom. The van der Waals surface area contributed by atoms with E-state index < -0.39 is 17.3 Å². The van der Waals surface area contributed by atoms with Crippen molar-refractivity contribution in [2.75, 3.05) is 11.9 Å². The maximum atomic E-state index is 13.2. The molecule has 4 aromatic rings. The van der Waals surface area contributed by atoms with Gasteiger partial charge in [0.25, 0.3) is 0 Å². The van der Waals surface area contributed by atoms with Crippen LogP contribution in [0.25, 0.3) is 11.3 Å². The van der Waals surface area contributed by atoms with Gasteiger partial charge in [0.15, 0.2) is 0 Å². The molecule has 202 valence electrons. The van der Waals surface area contributed by atoms with E-state index in [-0.39, 0.29) is 18.2 Å². The second-order valence-corrected chi connectivity index (χ2v) is 11.2. The van der Waals surface area contributed by atoms with Gasteiger partial charge in [0.2, 0.25) is 5.91 Å². The SMILES string of the molecule is CC(C)(C)OC(=O)n1c(C#N)ccc1-c1ccc2c(c1)C(c1cccc(Cl)c1)(c1cccc(Cl)c1)OCC(=O)N2. The second-order valence-electron chi connectivity index (χ2n) is 10.3. The number of benzene rings is 3. The van der Waals surface area contributed by atoms with Crippen LogP contribution in [-0.2, 0) is 19.9 Å². The summed E-state index contributed by atoms with van der Waals surface area (Å²) in [6.45, 7) is 5.03. The zero-order valence-corrected chi connectivity index (χ0v) is 23.5. The molecule has 0 radical (unpaired) electrons. The monoisotopic (exact) mass is 573 g/mol. The Morgan fingerprint density at radius 3 is 2.23 bits per heavy atom. The molecule has 1 amide bonds. The van der Waals surface area contributed by atoms with Crippen molar-refractivity contribution in [2.45, 2.75) is 32.0 Å². The highest BCUT2D eigenvalue weighted by atomic mass is 35.5. The van der Waals surface area contributed by atoms with Crippen LogP contribution in [0, 0.1) is 11.3 Å². The van der Waals surface area contributed by atoms with Crippen molar-refractivity contribution in [3.05, 3.63) is 111 Å². The van der Waals surface area contributed by atoms with Crippen molar-refractivity contribution >= 4 is 40.9 Å². The van der Waals surface area contributed by atoms with Gasteiger partial charge in [-0.1, -0.05) is 53.5 Å². The third kappa shape index (κ3) is 5.09. The molecule has 1 aliphatic rings. The maximum Gasteiger partial charge on any atom is 0.420 e. The van der Waals surface area contributed by atoms with E-state index in [1.807, 2.05) is 30.3 Å². The van der Waals surface area contributed by atoms with E-state index in [1.165, 1.54) is 4.57 Å². The standard InChI is InChI=1S/C31H25Cl2N3O4/c1-30(2,3)40-29(38)36-24(17-34)11-13-27(36)19-10-12-26-25(14-19)31(39-18-28(37)35-26,20-6-4-8-22(32)15-20)21-7-5-9-23(33)16-21/h4-16H,18H2,1-3H3,(H,35,37). The van der Waals surface area contributed by atoms with Crippen LogP contribution in [0.5, 0.6) is 0 Å². The summed E-state index contributed by atoms with van der Waals surface area (Å²) in [6, 6.07) is 25.1. The number of rotatable bonds is 3. The Kier molecular flexibility index (Phi) is 7.19. The summed E-state index contributed by atoms with van der Waals surface area (Å²) in [7, 11) is 0. The van der Waals surface area contributed by atoms with E-state index in [0.29, 0.717) is 43.7 Å². The lowest BCUT2D eigenvalue weighted by atomic mass is 9.78. The van der Waals surface area contributed by atoms with E-state index >= 15 is 0 Å². The smallest absolute Gasteiger partial charge is 0.420 e. The molecular formula is C31H25Cl2N3O4. The van der Waals surface area contributed by atoms with Crippen LogP contribution in [0.1, 0.15) is 43.2 Å². The molecule has 1 aromatic heterocycles. The number of carbonyl (C=O) groups is 2. The Hall–Kier alpha value is -4.09. The van der Waals surface area contributed by atoms with Gasteiger partial charge in [0, 0.05) is 21.3 Å².